The number of nitrogens with two attached hydrogens (primary N) is 1. The lowest BCUT2D eigenvalue weighted by molar-refractivity contribution is -0.121. The highest BCUT2D eigenvalue weighted by atomic mass is 32.2. The van der Waals surface area contributed by atoms with Crippen molar-refractivity contribution < 1.29 is 18.0 Å². The highest BCUT2D eigenvalue weighted by Crippen LogP contribution is 2.23. The number of amides is 2. The van der Waals surface area contributed by atoms with Gasteiger partial charge in [-0.1, -0.05) is 0 Å². The quantitative estimate of drug-likeness (QED) is 0.715. The minimum Gasteiger partial charge on any atom is -0.364 e. The van der Waals surface area contributed by atoms with Crippen molar-refractivity contribution >= 4 is 27.7 Å². The van der Waals surface area contributed by atoms with Crippen LogP contribution in [0.25, 0.3) is 0 Å². The molecule has 2 amide bonds. The standard InChI is InChI=1S/C16H22N6O4S/c1-10-7-14(21(3)18-10)22-6-4-5-12(16(22)24)19-27(25,26)11-8-13(15(17)23)20(2)9-11/h7-9,12,19H,4-6H2,1-3H3,(H2,17,23)/t12-/m0/s1. The molecular weight excluding hydrogens is 372 g/mol. The van der Waals surface area contributed by atoms with Crippen LogP contribution in [0.2, 0.25) is 0 Å². The Morgan fingerprint density at radius 2 is 2.04 bits per heavy atom. The van der Waals surface area contributed by atoms with Crippen molar-refractivity contribution in [1.29, 1.82) is 0 Å². The van der Waals surface area contributed by atoms with Crippen LogP contribution >= 0.6 is 0 Å². The number of sulfonamides is 1. The maximum absolute atomic E-state index is 12.9. The first kappa shape index (κ1) is 19.1. The summed E-state index contributed by atoms with van der Waals surface area (Å²) in [6.07, 6.45) is 2.32. The van der Waals surface area contributed by atoms with Crippen LogP contribution in [0.3, 0.4) is 0 Å². The molecule has 0 aromatic carbocycles. The van der Waals surface area contributed by atoms with Gasteiger partial charge in [0.1, 0.15) is 22.4 Å². The molecule has 0 unspecified atom stereocenters. The van der Waals surface area contributed by atoms with Crippen molar-refractivity contribution in [2.24, 2.45) is 19.8 Å². The molecule has 0 radical (unpaired) electrons. The Balaban J connectivity index is 1.84. The van der Waals surface area contributed by atoms with Gasteiger partial charge in [0.2, 0.25) is 15.9 Å². The van der Waals surface area contributed by atoms with Crippen LogP contribution in [-0.2, 0) is 28.9 Å². The van der Waals surface area contributed by atoms with E-state index in [1.807, 2.05) is 6.92 Å². The van der Waals surface area contributed by atoms with Gasteiger partial charge in [0.15, 0.2) is 0 Å². The van der Waals surface area contributed by atoms with E-state index in [0.717, 1.165) is 5.69 Å². The van der Waals surface area contributed by atoms with Crippen LogP contribution in [0.5, 0.6) is 0 Å². The number of aryl methyl sites for hydroxylation is 3. The van der Waals surface area contributed by atoms with Crippen LogP contribution in [-0.4, -0.2) is 47.2 Å². The molecule has 1 aliphatic rings. The highest BCUT2D eigenvalue weighted by molar-refractivity contribution is 7.89. The highest BCUT2D eigenvalue weighted by Gasteiger charge is 2.34. The number of hydrogen-bond donors (Lipinski definition) is 2. The Hall–Kier alpha value is -2.66. The topological polar surface area (TPSA) is 132 Å². The molecule has 3 rings (SSSR count). The summed E-state index contributed by atoms with van der Waals surface area (Å²) in [5, 5.41) is 4.23. The summed E-state index contributed by atoms with van der Waals surface area (Å²) in [7, 11) is -0.727. The molecule has 1 saturated heterocycles. The molecule has 0 bridgehead atoms. The van der Waals surface area contributed by atoms with Crippen molar-refractivity contribution in [2.75, 3.05) is 11.4 Å². The predicted octanol–water partition coefficient (Wildman–Crippen LogP) is -0.360. The third-order valence-electron chi connectivity index (χ3n) is 4.53. The monoisotopic (exact) mass is 394 g/mol. The predicted molar refractivity (Wildman–Crippen MR) is 97.6 cm³/mol. The molecule has 3 heterocycles. The molecule has 2 aromatic heterocycles. The third-order valence-corrected chi connectivity index (χ3v) is 5.97. The average Bonchev–Trinajstić information content (AvgIpc) is 3.12. The first-order valence-electron chi connectivity index (χ1n) is 8.40. The molecule has 146 valence electrons. The average molecular weight is 394 g/mol. The molecule has 0 spiro atoms. The number of carbonyl (C=O) groups is 2. The minimum absolute atomic E-state index is 0.0670. The molecule has 0 saturated carbocycles. The van der Waals surface area contributed by atoms with Gasteiger partial charge >= 0.3 is 0 Å². The van der Waals surface area contributed by atoms with Gasteiger partial charge < -0.3 is 10.3 Å². The van der Waals surface area contributed by atoms with Crippen LogP contribution in [0.1, 0.15) is 29.0 Å². The number of anilines is 1. The van der Waals surface area contributed by atoms with E-state index in [-0.39, 0.29) is 16.5 Å². The number of nitrogens with zero attached hydrogens (tertiary/aromatic N) is 4. The van der Waals surface area contributed by atoms with Gasteiger partial charge in [-0.15, -0.1) is 0 Å². The van der Waals surface area contributed by atoms with E-state index in [2.05, 4.69) is 9.82 Å². The van der Waals surface area contributed by atoms with Gasteiger partial charge in [0, 0.05) is 32.9 Å². The normalized spacial score (nSPS) is 18.1. The minimum atomic E-state index is -3.99. The number of carbonyl (C=O) groups excluding carboxylic acids is 2. The summed E-state index contributed by atoms with van der Waals surface area (Å²) in [5.74, 6) is -0.443. The van der Waals surface area contributed by atoms with E-state index >= 15 is 0 Å². The number of aromatic nitrogens is 3. The van der Waals surface area contributed by atoms with E-state index in [0.29, 0.717) is 25.2 Å². The van der Waals surface area contributed by atoms with Crippen molar-refractivity contribution in [3.63, 3.8) is 0 Å². The maximum Gasteiger partial charge on any atom is 0.265 e. The zero-order chi connectivity index (χ0) is 19.9. The van der Waals surface area contributed by atoms with Gasteiger partial charge in [-0.05, 0) is 25.8 Å². The molecule has 0 aliphatic carbocycles. The van der Waals surface area contributed by atoms with Crippen molar-refractivity contribution in [2.45, 2.75) is 30.7 Å². The van der Waals surface area contributed by atoms with Gasteiger partial charge in [-0.3, -0.25) is 19.2 Å². The molecular formula is C16H22N6O4S. The summed E-state index contributed by atoms with van der Waals surface area (Å²) < 4.78 is 30.8. The molecule has 2 aromatic rings. The second-order valence-corrected chi connectivity index (χ2v) is 8.32. The molecule has 1 atom stereocenters. The summed E-state index contributed by atoms with van der Waals surface area (Å²) >= 11 is 0. The van der Waals surface area contributed by atoms with E-state index in [9.17, 15) is 18.0 Å². The van der Waals surface area contributed by atoms with Gasteiger partial charge in [-0.2, -0.15) is 9.82 Å². The summed E-state index contributed by atoms with van der Waals surface area (Å²) in [5.41, 5.74) is 6.07. The largest absolute Gasteiger partial charge is 0.364 e. The SMILES string of the molecule is Cc1cc(N2CCC[C@H](NS(=O)(=O)c3cc(C(N)=O)n(C)c3)C2=O)n(C)n1. The summed E-state index contributed by atoms with van der Waals surface area (Å²) in [6.45, 7) is 2.32. The Morgan fingerprint density at radius 1 is 1.33 bits per heavy atom. The number of primary amides is 1. The fraction of sp³-hybridized carbons (Fsp3) is 0.438. The summed E-state index contributed by atoms with van der Waals surface area (Å²) in [4.78, 5) is 25.6. The first-order chi connectivity index (χ1) is 12.6. The zero-order valence-corrected chi connectivity index (χ0v) is 16.2. The Bertz CT molecular complexity index is 1010. The fourth-order valence-corrected chi connectivity index (χ4v) is 4.54. The lowest BCUT2D eigenvalue weighted by atomic mass is 10.1. The fourth-order valence-electron chi connectivity index (χ4n) is 3.24. The summed E-state index contributed by atoms with van der Waals surface area (Å²) in [6, 6.07) is 2.09. The van der Waals surface area contributed by atoms with Crippen LogP contribution in [0.4, 0.5) is 5.82 Å². The van der Waals surface area contributed by atoms with Gasteiger partial charge in [0.05, 0.1) is 5.69 Å². The first-order valence-corrected chi connectivity index (χ1v) is 9.89. The van der Waals surface area contributed by atoms with Crippen molar-refractivity contribution in [3.8, 4) is 0 Å². The molecule has 3 N–H and O–H groups in total. The number of piperidine rings is 1. The van der Waals surface area contributed by atoms with Gasteiger partial charge in [-0.25, -0.2) is 8.42 Å². The Kier molecular flexibility index (Phi) is 4.82. The molecule has 10 nitrogen and oxygen atoms in total. The van der Waals surface area contributed by atoms with Crippen LogP contribution < -0.4 is 15.4 Å². The van der Waals surface area contributed by atoms with E-state index in [4.69, 9.17) is 5.73 Å². The maximum atomic E-state index is 12.9. The third kappa shape index (κ3) is 3.60. The Labute approximate surface area is 157 Å². The molecule has 1 aliphatic heterocycles. The Morgan fingerprint density at radius 3 is 2.59 bits per heavy atom. The van der Waals surface area contributed by atoms with Crippen LogP contribution in [0.15, 0.2) is 23.2 Å². The second-order valence-electron chi connectivity index (χ2n) is 6.61. The van der Waals surface area contributed by atoms with Gasteiger partial charge in [0.25, 0.3) is 5.91 Å². The number of nitrogens with one attached hydrogen (secondary N) is 1. The van der Waals surface area contributed by atoms with E-state index in [1.165, 1.54) is 28.8 Å². The van der Waals surface area contributed by atoms with Crippen molar-refractivity contribution in [1.82, 2.24) is 19.1 Å². The zero-order valence-electron chi connectivity index (χ0n) is 15.3. The smallest absolute Gasteiger partial charge is 0.265 e. The second kappa shape index (κ2) is 6.82. The number of rotatable bonds is 5. The number of hydrogen-bond acceptors (Lipinski definition) is 5. The molecule has 27 heavy (non-hydrogen) atoms. The lowest BCUT2D eigenvalue weighted by Crippen LogP contribution is -2.52. The lowest BCUT2D eigenvalue weighted by Gasteiger charge is -2.32. The van der Waals surface area contributed by atoms with Crippen molar-refractivity contribution in [3.05, 3.63) is 29.7 Å². The molecule has 1 fully saturated rings. The van der Waals surface area contributed by atoms with E-state index < -0.39 is 22.0 Å². The molecule has 11 heteroatoms. The van der Waals surface area contributed by atoms with E-state index in [1.54, 1.807) is 17.8 Å². The van der Waals surface area contributed by atoms with Crippen LogP contribution in [0, 0.1) is 6.92 Å².